The third-order valence-corrected chi connectivity index (χ3v) is 4.25. The third kappa shape index (κ3) is 2.78. The molecule has 0 heterocycles. The van der Waals surface area contributed by atoms with Gasteiger partial charge in [0.1, 0.15) is 0 Å². The van der Waals surface area contributed by atoms with Crippen molar-refractivity contribution < 1.29 is 13.2 Å². The molecule has 0 amide bonds. The molecular formula is C15H20F3N. The second-order valence-electron chi connectivity index (χ2n) is 5.57. The Kier molecular flexibility index (Phi) is 3.90. The molecule has 0 spiro atoms. The molecule has 0 aromatic heterocycles. The zero-order chi connectivity index (χ0) is 14.1. The van der Waals surface area contributed by atoms with Gasteiger partial charge in [0.2, 0.25) is 0 Å². The molecule has 19 heavy (non-hydrogen) atoms. The smallest absolute Gasteiger partial charge is 0.319 e. The van der Waals surface area contributed by atoms with Gasteiger partial charge in [0.15, 0.2) is 0 Å². The van der Waals surface area contributed by atoms with Crippen LogP contribution in [0.1, 0.15) is 37.3 Å². The molecule has 1 saturated carbocycles. The molecule has 0 unspecified atom stereocenters. The molecule has 0 bridgehead atoms. The highest BCUT2D eigenvalue weighted by Gasteiger charge is 2.44. The van der Waals surface area contributed by atoms with Gasteiger partial charge in [-0.2, -0.15) is 13.2 Å². The van der Waals surface area contributed by atoms with Crippen molar-refractivity contribution in [2.45, 2.75) is 37.8 Å². The van der Waals surface area contributed by atoms with Crippen LogP contribution in [0.25, 0.3) is 0 Å². The molecule has 1 aliphatic carbocycles. The molecule has 4 heteroatoms. The van der Waals surface area contributed by atoms with Crippen LogP contribution in [-0.4, -0.2) is 13.6 Å². The van der Waals surface area contributed by atoms with E-state index in [0.717, 1.165) is 37.4 Å². The molecule has 1 aromatic rings. The van der Waals surface area contributed by atoms with Crippen molar-refractivity contribution >= 4 is 0 Å². The minimum atomic E-state index is -4.26. The maximum absolute atomic E-state index is 12.8. The van der Waals surface area contributed by atoms with Gasteiger partial charge in [0.05, 0.1) is 5.56 Å². The summed E-state index contributed by atoms with van der Waals surface area (Å²) in [6, 6.07) is 5.82. The minimum Gasteiger partial charge on any atom is -0.319 e. The van der Waals surface area contributed by atoms with Gasteiger partial charge < -0.3 is 5.32 Å². The van der Waals surface area contributed by atoms with Crippen LogP contribution in [-0.2, 0) is 11.6 Å². The fraction of sp³-hybridized carbons (Fsp3) is 0.600. The van der Waals surface area contributed by atoms with Gasteiger partial charge in [-0.25, -0.2) is 0 Å². The van der Waals surface area contributed by atoms with E-state index in [9.17, 15) is 13.2 Å². The summed E-state index contributed by atoms with van der Waals surface area (Å²) in [6.45, 7) is 2.88. The maximum atomic E-state index is 12.8. The van der Waals surface area contributed by atoms with Crippen molar-refractivity contribution in [3.8, 4) is 0 Å². The van der Waals surface area contributed by atoms with E-state index in [4.69, 9.17) is 0 Å². The Labute approximate surface area is 112 Å². The third-order valence-electron chi connectivity index (χ3n) is 4.25. The molecule has 1 fully saturated rings. The summed E-state index contributed by atoms with van der Waals surface area (Å²) < 4.78 is 38.4. The predicted molar refractivity (Wildman–Crippen MR) is 70.1 cm³/mol. The van der Waals surface area contributed by atoms with Crippen LogP contribution in [0, 0.1) is 5.92 Å². The largest absolute Gasteiger partial charge is 0.416 e. The fourth-order valence-electron chi connectivity index (χ4n) is 3.18. The molecule has 1 N–H and O–H groups in total. The molecule has 106 valence electrons. The van der Waals surface area contributed by atoms with E-state index in [1.54, 1.807) is 0 Å². The number of halogens is 3. The summed E-state index contributed by atoms with van der Waals surface area (Å²) in [7, 11) is 1.86. The van der Waals surface area contributed by atoms with Gasteiger partial charge in [-0.15, -0.1) is 0 Å². The van der Waals surface area contributed by atoms with Crippen molar-refractivity contribution in [1.29, 1.82) is 0 Å². The first kappa shape index (κ1) is 14.4. The average molecular weight is 271 g/mol. The van der Waals surface area contributed by atoms with Crippen LogP contribution < -0.4 is 5.32 Å². The van der Waals surface area contributed by atoms with Crippen LogP contribution in [0.4, 0.5) is 13.2 Å². The van der Waals surface area contributed by atoms with E-state index >= 15 is 0 Å². The minimum absolute atomic E-state index is 0.114. The van der Waals surface area contributed by atoms with Crippen LogP contribution in [0.5, 0.6) is 0 Å². The van der Waals surface area contributed by atoms with Crippen molar-refractivity contribution in [3.05, 3.63) is 35.4 Å². The maximum Gasteiger partial charge on any atom is 0.416 e. The monoisotopic (exact) mass is 271 g/mol. The van der Waals surface area contributed by atoms with Gasteiger partial charge in [0, 0.05) is 12.0 Å². The molecule has 1 aromatic carbocycles. The zero-order valence-corrected chi connectivity index (χ0v) is 11.3. The van der Waals surface area contributed by atoms with Crippen LogP contribution in [0.15, 0.2) is 24.3 Å². The first-order valence-electron chi connectivity index (χ1n) is 6.73. The molecule has 0 atom stereocenters. The molecule has 0 saturated heterocycles. The zero-order valence-electron chi connectivity index (χ0n) is 11.3. The Bertz CT molecular complexity index is 433. The van der Waals surface area contributed by atoms with Gasteiger partial charge in [0.25, 0.3) is 0 Å². The number of hydrogen-bond donors (Lipinski definition) is 1. The summed E-state index contributed by atoms with van der Waals surface area (Å²) in [6.07, 6.45) is -1.20. The average Bonchev–Trinajstić information content (AvgIpc) is 2.32. The van der Waals surface area contributed by atoms with Crippen LogP contribution in [0.2, 0.25) is 0 Å². The van der Waals surface area contributed by atoms with Crippen LogP contribution in [0.3, 0.4) is 0 Å². The Morgan fingerprint density at radius 3 is 2.53 bits per heavy atom. The van der Waals surface area contributed by atoms with Gasteiger partial charge in [-0.3, -0.25) is 0 Å². The normalized spacial score (nSPS) is 27.1. The lowest BCUT2D eigenvalue weighted by Crippen LogP contribution is -2.47. The van der Waals surface area contributed by atoms with Gasteiger partial charge in [-0.05, 0) is 37.4 Å². The summed E-state index contributed by atoms with van der Waals surface area (Å²) >= 11 is 0. The Morgan fingerprint density at radius 2 is 2.00 bits per heavy atom. The molecular weight excluding hydrogens is 251 g/mol. The quantitative estimate of drug-likeness (QED) is 0.873. The number of likely N-dealkylation sites (N-methyl/N-ethyl adjacent to an activating group) is 1. The highest BCUT2D eigenvalue weighted by Crippen LogP contribution is 2.49. The lowest BCUT2D eigenvalue weighted by molar-refractivity contribution is -0.137. The Morgan fingerprint density at radius 1 is 1.32 bits per heavy atom. The molecule has 2 rings (SSSR count). The fourth-order valence-corrected chi connectivity index (χ4v) is 3.18. The van der Waals surface area contributed by atoms with E-state index in [1.807, 2.05) is 13.1 Å². The summed E-state index contributed by atoms with van der Waals surface area (Å²) in [5.41, 5.74) is 0.165. The van der Waals surface area contributed by atoms with Gasteiger partial charge >= 0.3 is 6.18 Å². The lowest BCUT2D eigenvalue weighted by Gasteiger charge is -2.48. The Hall–Kier alpha value is -1.03. The Balaban J connectivity index is 2.29. The number of alkyl halides is 3. The summed E-state index contributed by atoms with van der Waals surface area (Å²) in [5.74, 6) is 0.642. The lowest BCUT2D eigenvalue weighted by atomic mass is 9.57. The standard InChI is InChI=1S/C15H20F3N/c1-3-11-8-14(9-11,10-19-2)12-5-4-6-13(7-12)15(16,17)18/h4-7,11,19H,3,8-10H2,1-2H3. The molecule has 1 aliphatic rings. The predicted octanol–water partition coefficient (Wildman–Crippen LogP) is 3.98. The van der Waals surface area contributed by atoms with Crippen molar-refractivity contribution in [2.24, 2.45) is 5.92 Å². The van der Waals surface area contributed by atoms with E-state index in [-0.39, 0.29) is 5.41 Å². The molecule has 0 aliphatic heterocycles. The van der Waals surface area contributed by atoms with Crippen molar-refractivity contribution in [2.75, 3.05) is 13.6 Å². The second kappa shape index (κ2) is 5.16. The number of benzene rings is 1. The van der Waals surface area contributed by atoms with Gasteiger partial charge in [-0.1, -0.05) is 31.5 Å². The van der Waals surface area contributed by atoms with E-state index < -0.39 is 11.7 Å². The highest BCUT2D eigenvalue weighted by atomic mass is 19.4. The summed E-state index contributed by atoms with van der Waals surface area (Å²) in [4.78, 5) is 0. The van der Waals surface area contributed by atoms with E-state index in [1.165, 1.54) is 12.1 Å². The van der Waals surface area contributed by atoms with Crippen molar-refractivity contribution in [3.63, 3.8) is 0 Å². The first-order valence-corrected chi connectivity index (χ1v) is 6.73. The SMILES string of the molecule is CCC1CC(CNC)(c2cccc(C(F)(F)F)c2)C1. The highest BCUT2D eigenvalue weighted by molar-refractivity contribution is 5.34. The van der Waals surface area contributed by atoms with Crippen LogP contribution >= 0.6 is 0 Å². The number of rotatable bonds is 4. The van der Waals surface area contributed by atoms with E-state index in [2.05, 4.69) is 12.2 Å². The topological polar surface area (TPSA) is 12.0 Å². The van der Waals surface area contributed by atoms with E-state index in [0.29, 0.717) is 5.92 Å². The number of nitrogens with one attached hydrogen (secondary N) is 1. The first-order chi connectivity index (χ1) is 8.91. The molecule has 1 nitrogen and oxygen atoms in total. The van der Waals surface area contributed by atoms with Crippen molar-refractivity contribution in [1.82, 2.24) is 5.32 Å². The molecule has 0 radical (unpaired) electrons. The number of hydrogen-bond acceptors (Lipinski definition) is 1. The summed E-state index contributed by atoms with van der Waals surface area (Å²) in [5, 5.41) is 3.13. The second-order valence-corrected chi connectivity index (χ2v) is 5.57.